The van der Waals surface area contributed by atoms with Crippen LogP contribution in [0, 0.1) is 5.92 Å². The summed E-state index contributed by atoms with van der Waals surface area (Å²) in [6, 6.07) is 12.3. The minimum Gasteiger partial charge on any atom is -0.496 e. The highest BCUT2D eigenvalue weighted by Gasteiger charge is 2.47. The van der Waals surface area contributed by atoms with Crippen molar-refractivity contribution in [3.63, 3.8) is 0 Å². The summed E-state index contributed by atoms with van der Waals surface area (Å²) in [7, 11) is 1.70. The highest BCUT2D eigenvalue weighted by atomic mass is 16.5. The SMILES string of the molecule is CCOC(=O)c1cnn(-c2ccc3c(c2)C(C)(C)[C@@H]2COc4cccc(OC)c4[C@@H]2N3)c1. The first-order valence-electron chi connectivity index (χ1n) is 10.9. The number of benzene rings is 2. The van der Waals surface area contributed by atoms with E-state index in [1.165, 1.54) is 11.8 Å². The molecule has 5 rings (SSSR count). The number of fused-ring (bicyclic) bond motifs is 4. The number of anilines is 1. The third kappa shape index (κ3) is 3.11. The molecule has 0 spiro atoms. The van der Waals surface area contributed by atoms with Crippen LogP contribution < -0.4 is 14.8 Å². The number of carbonyl (C=O) groups is 1. The fourth-order valence-electron chi connectivity index (χ4n) is 4.89. The van der Waals surface area contributed by atoms with Crippen molar-refractivity contribution in [1.82, 2.24) is 9.78 Å². The molecule has 32 heavy (non-hydrogen) atoms. The molecule has 2 aliphatic rings. The van der Waals surface area contributed by atoms with Gasteiger partial charge in [0.2, 0.25) is 0 Å². The predicted octanol–water partition coefficient (Wildman–Crippen LogP) is 4.51. The minimum atomic E-state index is -0.367. The molecule has 0 amide bonds. The second kappa shape index (κ2) is 7.58. The number of esters is 1. The summed E-state index contributed by atoms with van der Waals surface area (Å²) in [6.07, 6.45) is 3.24. The van der Waals surface area contributed by atoms with Gasteiger partial charge in [0.25, 0.3) is 0 Å². The molecule has 2 atom stereocenters. The standard InChI is InChI=1S/C25H27N3O4/c1-5-31-24(29)15-12-26-28(13-15)16-9-10-19-17(11-16)25(2,3)18-14-32-21-8-6-7-20(30-4)22(21)23(18)27-19/h6-13,18,23,27H,5,14H2,1-4H3/t18-,23-/m1/s1. The largest absolute Gasteiger partial charge is 0.496 e. The van der Waals surface area contributed by atoms with Crippen LogP contribution >= 0.6 is 0 Å². The second-order valence-corrected chi connectivity index (χ2v) is 8.76. The molecule has 1 N–H and O–H groups in total. The number of hydrogen-bond donors (Lipinski definition) is 1. The van der Waals surface area contributed by atoms with Gasteiger partial charge in [0.1, 0.15) is 11.5 Å². The lowest BCUT2D eigenvalue weighted by atomic mass is 9.65. The fraction of sp³-hybridized carbons (Fsp3) is 0.360. The van der Waals surface area contributed by atoms with Gasteiger partial charge in [-0.1, -0.05) is 19.9 Å². The van der Waals surface area contributed by atoms with Crippen LogP contribution in [0.25, 0.3) is 5.69 Å². The maximum Gasteiger partial charge on any atom is 0.341 e. The van der Waals surface area contributed by atoms with Crippen molar-refractivity contribution in [2.24, 2.45) is 5.92 Å². The monoisotopic (exact) mass is 433 g/mol. The third-order valence-electron chi connectivity index (χ3n) is 6.67. The van der Waals surface area contributed by atoms with E-state index in [0.717, 1.165) is 28.4 Å². The van der Waals surface area contributed by atoms with Crippen LogP contribution in [0.1, 0.15) is 48.3 Å². The third-order valence-corrected chi connectivity index (χ3v) is 6.67. The Balaban J connectivity index is 1.54. The van der Waals surface area contributed by atoms with E-state index in [1.54, 1.807) is 24.9 Å². The van der Waals surface area contributed by atoms with Crippen molar-refractivity contribution in [1.29, 1.82) is 0 Å². The fourth-order valence-corrected chi connectivity index (χ4v) is 4.89. The Labute approximate surface area is 187 Å². The smallest absolute Gasteiger partial charge is 0.341 e. The summed E-state index contributed by atoms with van der Waals surface area (Å²) in [6.45, 7) is 7.25. The molecule has 0 bridgehead atoms. The molecule has 0 saturated carbocycles. The van der Waals surface area contributed by atoms with Gasteiger partial charge in [-0.25, -0.2) is 9.48 Å². The highest BCUT2D eigenvalue weighted by Crippen LogP contribution is 2.54. The Morgan fingerprint density at radius 2 is 2.16 bits per heavy atom. The van der Waals surface area contributed by atoms with Gasteiger partial charge in [0, 0.05) is 23.2 Å². The van der Waals surface area contributed by atoms with Crippen LogP contribution in [-0.2, 0) is 10.2 Å². The highest BCUT2D eigenvalue weighted by molar-refractivity contribution is 5.88. The first-order chi connectivity index (χ1) is 15.4. The zero-order valence-corrected chi connectivity index (χ0v) is 18.7. The molecule has 0 aliphatic carbocycles. The molecule has 0 radical (unpaired) electrons. The van der Waals surface area contributed by atoms with E-state index < -0.39 is 0 Å². The van der Waals surface area contributed by atoms with Gasteiger partial charge in [0.05, 0.1) is 49.4 Å². The van der Waals surface area contributed by atoms with Crippen LogP contribution in [0.4, 0.5) is 5.69 Å². The average Bonchev–Trinajstić information content (AvgIpc) is 3.29. The molecule has 3 aromatic rings. The Hall–Kier alpha value is -3.48. The first kappa shape index (κ1) is 20.4. The van der Waals surface area contributed by atoms with Crippen molar-refractivity contribution in [2.45, 2.75) is 32.2 Å². The van der Waals surface area contributed by atoms with Gasteiger partial charge >= 0.3 is 5.97 Å². The number of carbonyl (C=O) groups excluding carboxylic acids is 1. The zero-order chi connectivity index (χ0) is 22.5. The maximum atomic E-state index is 12.0. The van der Waals surface area contributed by atoms with Crippen molar-refractivity contribution < 1.29 is 19.0 Å². The van der Waals surface area contributed by atoms with Crippen molar-refractivity contribution in [2.75, 3.05) is 25.6 Å². The Morgan fingerprint density at radius 3 is 2.94 bits per heavy atom. The Morgan fingerprint density at radius 1 is 1.31 bits per heavy atom. The molecule has 7 heteroatoms. The summed E-state index contributed by atoms with van der Waals surface area (Å²) in [4.78, 5) is 12.0. The molecule has 0 unspecified atom stereocenters. The summed E-state index contributed by atoms with van der Waals surface area (Å²) < 4.78 is 18.6. The molecule has 0 fully saturated rings. The average molecular weight is 434 g/mol. The van der Waals surface area contributed by atoms with Crippen LogP contribution in [0.15, 0.2) is 48.8 Å². The topological polar surface area (TPSA) is 74.6 Å². The molecule has 3 heterocycles. The van der Waals surface area contributed by atoms with Crippen LogP contribution in [-0.4, -0.2) is 36.1 Å². The van der Waals surface area contributed by atoms with Crippen molar-refractivity contribution in [3.8, 4) is 17.2 Å². The predicted molar refractivity (Wildman–Crippen MR) is 121 cm³/mol. The Bertz CT molecular complexity index is 1170. The van der Waals surface area contributed by atoms with E-state index >= 15 is 0 Å². The van der Waals surface area contributed by atoms with E-state index in [9.17, 15) is 4.79 Å². The summed E-state index contributed by atoms with van der Waals surface area (Å²) in [5, 5.41) is 8.12. The minimum absolute atomic E-state index is 0.0865. The number of hydrogen-bond acceptors (Lipinski definition) is 6. The van der Waals surface area contributed by atoms with Gasteiger partial charge in [-0.15, -0.1) is 0 Å². The summed E-state index contributed by atoms with van der Waals surface area (Å²) in [5.74, 6) is 1.55. The number of rotatable bonds is 4. The number of nitrogens with zero attached hydrogens (tertiary/aromatic N) is 2. The van der Waals surface area contributed by atoms with E-state index in [0.29, 0.717) is 18.8 Å². The lowest BCUT2D eigenvalue weighted by Gasteiger charge is -2.48. The molecule has 0 saturated heterocycles. The van der Waals surface area contributed by atoms with Crippen molar-refractivity contribution in [3.05, 3.63) is 65.5 Å². The molecule has 2 aromatic carbocycles. The lowest BCUT2D eigenvalue weighted by molar-refractivity contribution is 0.0526. The summed E-state index contributed by atoms with van der Waals surface area (Å²) in [5.41, 5.74) is 4.49. The van der Waals surface area contributed by atoms with E-state index in [1.807, 2.05) is 24.3 Å². The van der Waals surface area contributed by atoms with E-state index in [-0.39, 0.29) is 23.3 Å². The van der Waals surface area contributed by atoms with Crippen LogP contribution in [0.3, 0.4) is 0 Å². The quantitative estimate of drug-likeness (QED) is 0.610. The van der Waals surface area contributed by atoms with Gasteiger partial charge < -0.3 is 19.5 Å². The lowest BCUT2D eigenvalue weighted by Crippen LogP contribution is -2.46. The number of nitrogens with one attached hydrogen (secondary N) is 1. The van der Waals surface area contributed by atoms with Gasteiger partial charge in [-0.2, -0.15) is 5.10 Å². The van der Waals surface area contributed by atoms with Gasteiger partial charge in [0.15, 0.2) is 0 Å². The molecular formula is C25H27N3O4. The maximum absolute atomic E-state index is 12.0. The molecule has 166 valence electrons. The van der Waals surface area contributed by atoms with E-state index in [4.69, 9.17) is 14.2 Å². The molecule has 1 aromatic heterocycles. The first-order valence-corrected chi connectivity index (χ1v) is 10.9. The Kier molecular flexibility index (Phi) is 4.84. The number of aromatic nitrogens is 2. The molecule has 2 aliphatic heterocycles. The van der Waals surface area contributed by atoms with Crippen LogP contribution in [0.5, 0.6) is 11.5 Å². The van der Waals surface area contributed by atoms with E-state index in [2.05, 4.69) is 36.4 Å². The normalized spacial score (nSPS) is 20.1. The molecule has 7 nitrogen and oxygen atoms in total. The number of ether oxygens (including phenoxy) is 3. The van der Waals surface area contributed by atoms with Crippen molar-refractivity contribution >= 4 is 11.7 Å². The van der Waals surface area contributed by atoms with Gasteiger partial charge in [-0.05, 0) is 42.8 Å². The molecular weight excluding hydrogens is 406 g/mol. The second-order valence-electron chi connectivity index (χ2n) is 8.76. The number of methoxy groups -OCH3 is 1. The van der Waals surface area contributed by atoms with Crippen LogP contribution in [0.2, 0.25) is 0 Å². The zero-order valence-electron chi connectivity index (χ0n) is 18.7. The summed E-state index contributed by atoms with van der Waals surface area (Å²) >= 11 is 0. The van der Waals surface area contributed by atoms with Gasteiger partial charge in [-0.3, -0.25) is 0 Å².